The van der Waals surface area contributed by atoms with Crippen LogP contribution in [-0.4, -0.2) is 17.7 Å². The van der Waals surface area contributed by atoms with Crippen molar-refractivity contribution >= 4 is 5.69 Å². The number of rotatable bonds is 4. The topological polar surface area (TPSA) is 23.5 Å². The van der Waals surface area contributed by atoms with Gasteiger partial charge in [0.15, 0.2) is 0 Å². The quantitative estimate of drug-likeness (QED) is 0.817. The third-order valence-electron chi connectivity index (χ3n) is 3.02. The summed E-state index contributed by atoms with van der Waals surface area (Å²) in [5.74, 6) is 0. The van der Waals surface area contributed by atoms with Crippen LogP contribution in [0.3, 0.4) is 0 Å². The molecule has 2 rings (SSSR count). The number of hydrogen-bond acceptors (Lipinski definition) is 2. The molecule has 2 nitrogen and oxygen atoms in total. The minimum absolute atomic E-state index is 0.381. The first-order valence-corrected chi connectivity index (χ1v) is 5.77. The van der Waals surface area contributed by atoms with Crippen molar-refractivity contribution in [2.45, 2.75) is 38.8 Å². The van der Waals surface area contributed by atoms with Crippen molar-refractivity contribution < 1.29 is 5.11 Å². The van der Waals surface area contributed by atoms with E-state index < -0.39 is 0 Å². The first-order valence-electron chi connectivity index (χ1n) is 5.77. The minimum Gasteiger partial charge on any atom is -0.389 e. The third kappa shape index (κ3) is 2.15. The second kappa shape index (κ2) is 4.23. The van der Waals surface area contributed by atoms with E-state index in [4.69, 9.17) is 0 Å². The number of benzene rings is 1. The van der Waals surface area contributed by atoms with Gasteiger partial charge in [0, 0.05) is 23.8 Å². The lowest BCUT2D eigenvalue weighted by atomic mass is 10.1. The maximum Gasteiger partial charge on any atom is 0.0781 e. The minimum atomic E-state index is -0.381. The van der Waals surface area contributed by atoms with E-state index in [2.05, 4.69) is 17.9 Å². The molecule has 0 amide bonds. The zero-order chi connectivity index (χ0) is 10.8. The van der Waals surface area contributed by atoms with Gasteiger partial charge >= 0.3 is 0 Å². The molecule has 0 unspecified atom stereocenters. The summed E-state index contributed by atoms with van der Waals surface area (Å²) < 4.78 is 0. The van der Waals surface area contributed by atoms with Crippen molar-refractivity contribution in [1.82, 2.24) is 0 Å². The molecule has 15 heavy (non-hydrogen) atoms. The first kappa shape index (κ1) is 10.5. The Bertz CT molecular complexity index is 331. The van der Waals surface area contributed by atoms with Gasteiger partial charge in [-0.15, -0.1) is 0 Å². The van der Waals surface area contributed by atoms with Crippen molar-refractivity contribution in [3.63, 3.8) is 0 Å². The Balaban J connectivity index is 2.31. The molecule has 0 radical (unpaired) electrons. The van der Waals surface area contributed by atoms with Gasteiger partial charge in [-0.25, -0.2) is 0 Å². The molecule has 0 aliphatic heterocycles. The van der Waals surface area contributed by atoms with Crippen LogP contribution in [0.1, 0.15) is 38.4 Å². The zero-order valence-corrected chi connectivity index (χ0v) is 9.48. The summed E-state index contributed by atoms with van der Waals surface area (Å²) >= 11 is 0. The molecule has 0 spiro atoms. The van der Waals surface area contributed by atoms with E-state index in [1.807, 2.05) is 25.1 Å². The highest BCUT2D eigenvalue weighted by Crippen LogP contribution is 2.35. The number of aliphatic hydroxyl groups is 1. The highest BCUT2D eigenvalue weighted by atomic mass is 16.3. The van der Waals surface area contributed by atoms with Gasteiger partial charge in [0.1, 0.15) is 0 Å². The molecule has 1 aromatic rings. The van der Waals surface area contributed by atoms with Gasteiger partial charge in [0.25, 0.3) is 0 Å². The molecule has 0 saturated heterocycles. The van der Waals surface area contributed by atoms with E-state index in [1.165, 1.54) is 18.5 Å². The highest BCUT2D eigenvalue weighted by Gasteiger charge is 2.29. The van der Waals surface area contributed by atoms with Crippen LogP contribution in [0.5, 0.6) is 0 Å². The van der Waals surface area contributed by atoms with E-state index in [9.17, 15) is 5.11 Å². The molecule has 1 aliphatic rings. The van der Waals surface area contributed by atoms with E-state index >= 15 is 0 Å². The number of anilines is 1. The molecule has 2 heteroatoms. The fourth-order valence-corrected chi connectivity index (χ4v) is 2.11. The number of para-hydroxylation sites is 1. The largest absolute Gasteiger partial charge is 0.389 e. The van der Waals surface area contributed by atoms with E-state index in [0.29, 0.717) is 6.04 Å². The van der Waals surface area contributed by atoms with Gasteiger partial charge in [0.2, 0.25) is 0 Å². The van der Waals surface area contributed by atoms with Crippen LogP contribution < -0.4 is 4.90 Å². The first-order chi connectivity index (χ1) is 7.24. The molecule has 1 atom stereocenters. The molecule has 82 valence electrons. The smallest absolute Gasteiger partial charge is 0.0781 e. The van der Waals surface area contributed by atoms with Crippen LogP contribution in [-0.2, 0) is 0 Å². The molecule has 1 aromatic carbocycles. The van der Waals surface area contributed by atoms with Crippen molar-refractivity contribution in [2.24, 2.45) is 0 Å². The fourth-order valence-electron chi connectivity index (χ4n) is 2.11. The fraction of sp³-hybridized carbons (Fsp3) is 0.538. The van der Waals surface area contributed by atoms with Crippen molar-refractivity contribution in [1.29, 1.82) is 0 Å². The van der Waals surface area contributed by atoms with Crippen LogP contribution in [0.25, 0.3) is 0 Å². The maximum atomic E-state index is 9.72. The Labute approximate surface area is 91.5 Å². The molecular formula is C13H19NO. The van der Waals surface area contributed by atoms with E-state index in [-0.39, 0.29) is 6.10 Å². The zero-order valence-electron chi connectivity index (χ0n) is 9.48. The lowest BCUT2D eigenvalue weighted by molar-refractivity contribution is 0.199. The standard InChI is InChI=1S/C13H19NO/c1-3-14(11-8-9-11)13-7-5-4-6-12(13)10(2)15/h4-7,10-11,15H,3,8-9H2,1-2H3/t10-/m0/s1. The van der Waals surface area contributed by atoms with Gasteiger partial charge in [-0.05, 0) is 32.8 Å². The van der Waals surface area contributed by atoms with Crippen LogP contribution >= 0.6 is 0 Å². The Morgan fingerprint density at radius 3 is 2.60 bits per heavy atom. The van der Waals surface area contributed by atoms with Gasteiger partial charge in [-0.2, -0.15) is 0 Å². The van der Waals surface area contributed by atoms with Gasteiger partial charge in [0.05, 0.1) is 6.10 Å². The van der Waals surface area contributed by atoms with Crippen LogP contribution in [0.4, 0.5) is 5.69 Å². The molecule has 1 aliphatic carbocycles. The summed E-state index contributed by atoms with van der Waals surface area (Å²) in [7, 11) is 0. The molecule has 0 aromatic heterocycles. The molecule has 1 saturated carbocycles. The summed E-state index contributed by atoms with van der Waals surface area (Å²) in [4.78, 5) is 2.40. The van der Waals surface area contributed by atoms with Crippen molar-refractivity contribution in [3.05, 3.63) is 29.8 Å². The molecule has 1 fully saturated rings. The van der Waals surface area contributed by atoms with Crippen LogP contribution in [0.15, 0.2) is 24.3 Å². The summed E-state index contributed by atoms with van der Waals surface area (Å²) in [5, 5.41) is 9.72. The monoisotopic (exact) mass is 205 g/mol. The van der Waals surface area contributed by atoms with Crippen LogP contribution in [0, 0.1) is 0 Å². The Hall–Kier alpha value is -1.02. The van der Waals surface area contributed by atoms with Crippen molar-refractivity contribution in [2.75, 3.05) is 11.4 Å². The number of nitrogens with zero attached hydrogens (tertiary/aromatic N) is 1. The average molecular weight is 205 g/mol. The van der Waals surface area contributed by atoms with E-state index in [1.54, 1.807) is 0 Å². The van der Waals surface area contributed by atoms with Crippen LogP contribution in [0.2, 0.25) is 0 Å². The maximum absolute atomic E-state index is 9.72. The summed E-state index contributed by atoms with van der Waals surface area (Å²) in [5.41, 5.74) is 2.25. The molecule has 0 bridgehead atoms. The summed E-state index contributed by atoms with van der Waals surface area (Å²) in [6, 6.07) is 8.88. The summed E-state index contributed by atoms with van der Waals surface area (Å²) in [6.45, 7) is 5.03. The number of hydrogen-bond donors (Lipinski definition) is 1. The number of aliphatic hydroxyl groups excluding tert-OH is 1. The predicted molar refractivity (Wildman–Crippen MR) is 63.1 cm³/mol. The second-order valence-electron chi connectivity index (χ2n) is 4.25. The molecule has 1 N–H and O–H groups in total. The lowest BCUT2D eigenvalue weighted by Crippen LogP contribution is -2.26. The highest BCUT2D eigenvalue weighted by molar-refractivity contribution is 5.56. The third-order valence-corrected chi connectivity index (χ3v) is 3.02. The second-order valence-corrected chi connectivity index (χ2v) is 4.25. The predicted octanol–water partition coefficient (Wildman–Crippen LogP) is 2.73. The van der Waals surface area contributed by atoms with E-state index in [0.717, 1.165) is 12.1 Å². The molecule has 0 heterocycles. The summed E-state index contributed by atoms with van der Waals surface area (Å²) in [6.07, 6.45) is 2.21. The Kier molecular flexibility index (Phi) is 2.96. The lowest BCUT2D eigenvalue weighted by Gasteiger charge is -2.26. The average Bonchev–Trinajstić information content (AvgIpc) is 3.04. The molecular weight excluding hydrogens is 186 g/mol. The van der Waals surface area contributed by atoms with Crippen molar-refractivity contribution in [3.8, 4) is 0 Å². The SMILES string of the molecule is CCN(c1ccccc1[C@H](C)O)C1CC1. The normalized spacial score (nSPS) is 17.5. The Morgan fingerprint density at radius 2 is 2.07 bits per heavy atom. The Morgan fingerprint density at radius 1 is 1.40 bits per heavy atom. The van der Waals surface area contributed by atoms with Gasteiger partial charge in [-0.3, -0.25) is 0 Å². The van der Waals surface area contributed by atoms with Gasteiger partial charge < -0.3 is 10.0 Å². The van der Waals surface area contributed by atoms with Gasteiger partial charge in [-0.1, -0.05) is 18.2 Å².